The summed E-state index contributed by atoms with van der Waals surface area (Å²) in [6, 6.07) is 0. The van der Waals surface area contributed by atoms with Crippen LogP contribution in [0.15, 0.2) is 36.0 Å². The third-order valence-corrected chi connectivity index (χ3v) is 9.12. The molecule has 9 heteroatoms. The van der Waals surface area contributed by atoms with Gasteiger partial charge in [0, 0.05) is 24.0 Å². The summed E-state index contributed by atoms with van der Waals surface area (Å²) in [5.41, 5.74) is -0.820. The molecule has 0 unspecified atom stereocenters. The first-order valence-electron chi connectivity index (χ1n) is 12.7. The molecule has 5 rings (SSSR count). The van der Waals surface area contributed by atoms with Gasteiger partial charge in [-0.25, -0.2) is 14.4 Å². The first-order valence-corrected chi connectivity index (χ1v) is 12.7. The fraction of sp³-hybridized carbons (Fsp3) is 0.667. The van der Waals surface area contributed by atoms with Crippen LogP contribution in [-0.2, 0) is 38.1 Å². The zero-order chi connectivity index (χ0) is 25.7. The van der Waals surface area contributed by atoms with E-state index in [0.29, 0.717) is 19.4 Å². The van der Waals surface area contributed by atoms with Crippen molar-refractivity contribution in [2.45, 2.75) is 76.5 Å². The minimum Gasteiger partial charge on any atom is -0.463 e. The van der Waals surface area contributed by atoms with E-state index in [1.54, 1.807) is 6.92 Å². The summed E-state index contributed by atoms with van der Waals surface area (Å²) in [6.45, 7) is 6.34. The molecule has 0 amide bonds. The fourth-order valence-electron chi connectivity index (χ4n) is 6.65. The molecule has 196 valence electrons. The maximum Gasteiger partial charge on any atom is 0.335 e. The lowest BCUT2D eigenvalue weighted by Crippen LogP contribution is -2.66. The van der Waals surface area contributed by atoms with Crippen LogP contribution in [-0.4, -0.2) is 72.9 Å². The quantitative estimate of drug-likeness (QED) is 0.230. The van der Waals surface area contributed by atoms with Gasteiger partial charge in [0.1, 0.15) is 18.3 Å². The molecule has 3 aliphatic heterocycles. The van der Waals surface area contributed by atoms with Crippen LogP contribution in [0.1, 0.15) is 46.5 Å². The van der Waals surface area contributed by atoms with Gasteiger partial charge in [0.05, 0.1) is 30.8 Å². The molecule has 2 bridgehead atoms. The summed E-state index contributed by atoms with van der Waals surface area (Å²) in [6.07, 6.45) is 7.11. The van der Waals surface area contributed by atoms with Gasteiger partial charge in [-0.2, -0.15) is 0 Å². The number of aliphatic hydroxyl groups excluding tert-OH is 1. The predicted octanol–water partition coefficient (Wildman–Crippen LogP) is 2.17. The van der Waals surface area contributed by atoms with E-state index < -0.39 is 52.5 Å². The van der Waals surface area contributed by atoms with Gasteiger partial charge in [-0.1, -0.05) is 37.6 Å². The zero-order valence-electron chi connectivity index (χ0n) is 20.9. The number of carbonyl (C=O) groups excluding carboxylic acids is 3. The van der Waals surface area contributed by atoms with Crippen molar-refractivity contribution in [2.24, 2.45) is 16.7 Å². The summed E-state index contributed by atoms with van der Waals surface area (Å²) in [7, 11) is 0. The van der Waals surface area contributed by atoms with Gasteiger partial charge in [0.15, 0.2) is 6.10 Å². The molecule has 0 aromatic rings. The van der Waals surface area contributed by atoms with Crippen molar-refractivity contribution in [3.05, 3.63) is 36.0 Å². The van der Waals surface area contributed by atoms with Crippen LogP contribution < -0.4 is 0 Å². The van der Waals surface area contributed by atoms with E-state index in [4.69, 9.17) is 23.7 Å². The van der Waals surface area contributed by atoms with Gasteiger partial charge in [0.25, 0.3) is 0 Å². The Morgan fingerprint density at radius 1 is 1.03 bits per heavy atom. The van der Waals surface area contributed by atoms with E-state index in [-0.39, 0.29) is 31.8 Å². The number of epoxide rings is 1. The number of hydrogen-bond donors (Lipinski definition) is 1. The van der Waals surface area contributed by atoms with E-state index in [1.165, 1.54) is 29.9 Å². The highest BCUT2D eigenvalue weighted by atomic mass is 16.6. The number of esters is 3. The van der Waals surface area contributed by atoms with Gasteiger partial charge in [-0.15, -0.1) is 0 Å². The van der Waals surface area contributed by atoms with E-state index in [2.05, 4.69) is 19.9 Å². The van der Waals surface area contributed by atoms with Crippen molar-refractivity contribution in [1.29, 1.82) is 0 Å². The van der Waals surface area contributed by atoms with Gasteiger partial charge >= 0.3 is 17.9 Å². The Morgan fingerprint density at radius 2 is 1.75 bits per heavy atom. The fourth-order valence-corrected chi connectivity index (χ4v) is 6.65. The monoisotopic (exact) mass is 502 g/mol. The number of hydrogen-bond acceptors (Lipinski definition) is 9. The highest BCUT2D eigenvalue weighted by Gasteiger charge is 2.83. The molecule has 3 heterocycles. The Hall–Kier alpha value is -2.49. The zero-order valence-corrected chi connectivity index (χ0v) is 20.9. The molecule has 0 radical (unpaired) electrons. The van der Waals surface area contributed by atoms with Crippen LogP contribution in [0.3, 0.4) is 0 Å². The number of rotatable bonds is 0. The van der Waals surface area contributed by atoms with Crippen LogP contribution in [0.2, 0.25) is 0 Å². The summed E-state index contributed by atoms with van der Waals surface area (Å²) < 4.78 is 29.6. The number of carbonyl (C=O) groups is 3. The average Bonchev–Trinajstić information content (AvgIpc) is 3.62. The van der Waals surface area contributed by atoms with Gasteiger partial charge < -0.3 is 28.8 Å². The lowest BCUT2D eigenvalue weighted by molar-refractivity contribution is -0.234. The van der Waals surface area contributed by atoms with Crippen LogP contribution in [0.5, 0.6) is 0 Å². The maximum atomic E-state index is 12.9. The van der Waals surface area contributed by atoms with Gasteiger partial charge in [0.2, 0.25) is 0 Å². The normalized spacial score (nSPS) is 46.8. The van der Waals surface area contributed by atoms with Crippen molar-refractivity contribution in [1.82, 2.24) is 0 Å². The first kappa shape index (κ1) is 25.2. The number of ether oxygens (including phenoxy) is 5. The van der Waals surface area contributed by atoms with Crippen molar-refractivity contribution in [3.63, 3.8) is 0 Å². The summed E-state index contributed by atoms with van der Waals surface area (Å²) in [5.74, 6) is -2.34. The smallest absolute Gasteiger partial charge is 0.335 e. The Morgan fingerprint density at radius 3 is 2.47 bits per heavy atom. The molecule has 0 aromatic carbocycles. The lowest BCUT2D eigenvalue weighted by Gasteiger charge is -2.58. The van der Waals surface area contributed by atoms with Crippen LogP contribution in [0.25, 0.3) is 0 Å². The third kappa shape index (κ3) is 3.83. The molecule has 2 spiro atoms. The number of allylic oxidation sites excluding steroid dienone is 3. The van der Waals surface area contributed by atoms with Gasteiger partial charge in [-0.3, -0.25) is 0 Å². The number of aliphatic hydroxyl groups is 1. The second-order valence-corrected chi connectivity index (χ2v) is 11.0. The molecule has 36 heavy (non-hydrogen) atoms. The highest BCUT2D eigenvalue weighted by Crippen LogP contribution is 2.72. The summed E-state index contributed by atoms with van der Waals surface area (Å²) >= 11 is 0. The average molecular weight is 503 g/mol. The van der Waals surface area contributed by atoms with E-state index in [9.17, 15) is 19.5 Å². The molecule has 9 nitrogen and oxygen atoms in total. The largest absolute Gasteiger partial charge is 0.463 e. The molecule has 5 aliphatic rings. The maximum absolute atomic E-state index is 12.9. The molecular formula is C27H34O9. The first-order chi connectivity index (χ1) is 17.1. The van der Waals surface area contributed by atoms with Crippen molar-refractivity contribution >= 4 is 17.9 Å². The second kappa shape index (κ2) is 9.11. The Kier molecular flexibility index (Phi) is 6.37. The Balaban J connectivity index is 1.52. The topological polar surface area (TPSA) is 121 Å². The third-order valence-electron chi connectivity index (χ3n) is 9.12. The Bertz CT molecular complexity index is 1020. The molecule has 8 atom stereocenters. The van der Waals surface area contributed by atoms with E-state index in [0.717, 1.165) is 6.42 Å². The lowest BCUT2D eigenvalue weighted by atomic mass is 9.51. The minimum absolute atomic E-state index is 0.00000344. The van der Waals surface area contributed by atoms with Crippen LogP contribution in [0, 0.1) is 16.7 Å². The summed E-state index contributed by atoms with van der Waals surface area (Å²) in [5, 5.41) is 10.6. The molecule has 2 aliphatic carbocycles. The predicted molar refractivity (Wildman–Crippen MR) is 125 cm³/mol. The molecule has 1 N–H and O–H groups in total. The van der Waals surface area contributed by atoms with Gasteiger partial charge in [-0.05, 0) is 32.1 Å². The molecule has 0 aromatic heterocycles. The molecule has 1 saturated carbocycles. The van der Waals surface area contributed by atoms with E-state index >= 15 is 0 Å². The SMILES string of the molecule is CC1=C[C@@H]2O[C@H]3C[C@@H]4OC(=O)/C=C/C=C/C(=O)OCC[C@H](C)[C@H](O)C(=O)OC[C@]2(CC1)[C@@]4(C)[C@]31CO1. The second-order valence-electron chi connectivity index (χ2n) is 11.0. The molecule has 2 saturated heterocycles. The molecular weight excluding hydrogens is 468 g/mol. The minimum atomic E-state index is -1.37. The van der Waals surface area contributed by atoms with E-state index in [1.807, 2.05) is 0 Å². The van der Waals surface area contributed by atoms with Crippen LogP contribution in [0.4, 0.5) is 0 Å². The number of cyclic esters (lactones) is 2. The van der Waals surface area contributed by atoms with Crippen LogP contribution >= 0.6 is 0 Å². The molecule has 3 fully saturated rings. The highest BCUT2D eigenvalue weighted by molar-refractivity contribution is 5.84. The van der Waals surface area contributed by atoms with Crippen molar-refractivity contribution in [3.8, 4) is 0 Å². The Labute approximate surface area is 210 Å². The van der Waals surface area contributed by atoms with Crippen molar-refractivity contribution in [2.75, 3.05) is 19.8 Å². The standard InChI is InChI=1S/C27H34O9/c1-16-8-10-26-14-33-24(31)23(30)17(2)9-11-32-21(28)6-4-5-7-22(29)36-18-13-20(35-19(26)12-16)27(15-34-27)25(18,26)3/h4-7,12,17-20,23,30H,8-11,13-15H2,1-3H3/b6-4+,7-5+/t17-,18-,19-,20-,23-,25-,26-,27-/m0/s1. The van der Waals surface area contributed by atoms with Crippen molar-refractivity contribution < 1.29 is 43.2 Å². The summed E-state index contributed by atoms with van der Waals surface area (Å²) in [4.78, 5) is 37.6.